The third-order valence-electron chi connectivity index (χ3n) is 2.96. The molecule has 2 heterocycles. The number of fused-ring (bicyclic) bond motifs is 1. The Hall–Kier alpha value is -2.36. The first-order chi connectivity index (χ1) is 9.22. The summed E-state index contributed by atoms with van der Waals surface area (Å²) in [7, 11) is 0. The van der Waals surface area contributed by atoms with Crippen LogP contribution in [-0.4, -0.2) is 14.6 Å². The van der Waals surface area contributed by atoms with Crippen molar-refractivity contribution in [1.82, 2.24) is 14.6 Å². The number of benzene rings is 1. The Labute approximate surface area is 111 Å². The van der Waals surface area contributed by atoms with Crippen LogP contribution in [0, 0.1) is 13.8 Å². The van der Waals surface area contributed by atoms with Crippen molar-refractivity contribution in [2.75, 3.05) is 0 Å². The molecule has 19 heavy (non-hydrogen) atoms. The lowest BCUT2D eigenvalue weighted by atomic mass is 10.2. The van der Waals surface area contributed by atoms with Gasteiger partial charge < -0.3 is 4.74 Å². The van der Waals surface area contributed by atoms with E-state index in [1.165, 1.54) is 5.56 Å². The second kappa shape index (κ2) is 4.72. The van der Waals surface area contributed by atoms with Gasteiger partial charge >= 0.3 is 0 Å². The van der Waals surface area contributed by atoms with E-state index in [4.69, 9.17) is 4.74 Å². The molecule has 4 nitrogen and oxygen atoms in total. The van der Waals surface area contributed by atoms with Crippen LogP contribution in [0.1, 0.15) is 17.0 Å². The Kier molecular flexibility index (Phi) is 2.91. The molecule has 0 bridgehead atoms. The van der Waals surface area contributed by atoms with Crippen molar-refractivity contribution >= 4 is 5.65 Å². The molecule has 0 fully saturated rings. The number of hydrogen-bond donors (Lipinski definition) is 0. The molecule has 0 spiro atoms. The highest BCUT2D eigenvalue weighted by Crippen LogP contribution is 2.14. The van der Waals surface area contributed by atoms with Crippen molar-refractivity contribution in [2.24, 2.45) is 0 Å². The molecule has 3 aromatic rings. The van der Waals surface area contributed by atoms with Crippen LogP contribution in [0.2, 0.25) is 0 Å². The van der Waals surface area contributed by atoms with Crippen LogP contribution in [0.4, 0.5) is 0 Å². The van der Waals surface area contributed by atoms with E-state index in [1.54, 1.807) is 4.52 Å². The zero-order valence-corrected chi connectivity index (χ0v) is 11.0. The fourth-order valence-electron chi connectivity index (χ4n) is 2.00. The Morgan fingerprint density at radius 3 is 2.84 bits per heavy atom. The normalized spacial score (nSPS) is 10.8. The van der Waals surface area contributed by atoms with Crippen LogP contribution in [-0.2, 0) is 6.61 Å². The van der Waals surface area contributed by atoms with E-state index in [2.05, 4.69) is 10.1 Å². The molecule has 0 atom stereocenters. The van der Waals surface area contributed by atoms with Gasteiger partial charge in [0.2, 0.25) is 0 Å². The molecule has 0 aliphatic heterocycles. The lowest BCUT2D eigenvalue weighted by molar-refractivity contribution is 0.296. The fourth-order valence-corrected chi connectivity index (χ4v) is 2.00. The van der Waals surface area contributed by atoms with Crippen molar-refractivity contribution in [2.45, 2.75) is 20.5 Å². The summed E-state index contributed by atoms with van der Waals surface area (Å²) in [6, 6.07) is 11.9. The molecule has 0 radical (unpaired) electrons. The number of hydrogen-bond acceptors (Lipinski definition) is 3. The second-order valence-electron chi connectivity index (χ2n) is 4.59. The van der Waals surface area contributed by atoms with E-state index in [9.17, 15) is 0 Å². The summed E-state index contributed by atoms with van der Waals surface area (Å²) in [6.07, 6.45) is 1.89. The number of aryl methyl sites for hydroxylation is 2. The largest absolute Gasteiger partial charge is 0.486 e. The van der Waals surface area contributed by atoms with Crippen LogP contribution < -0.4 is 4.74 Å². The summed E-state index contributed by atoms with van der Waals surface area (Å²) in [4.78, 5) is 4.48. The van der Waals surface area contributed by atoms with E-state index in [0.29, 0.717) is 12.4 Å². The van der Waals surface area contributed by atoms with E-state index >= 15 is 0 Å². The molecular formula is C15H15N3O. The maximum atomic E-state index is 5.70. The first kappa shape index (κ1) is 11.7. The molecule has 1 aromatic carbocycles. The topological polar surface area (TPSA) is 39.4 Å². The van der Waals surface area contributed by atoms with Gasteiger partial charge in [-0.25, -0.2) is 9.50 Å². The van der Waals surface area contributed by atoms with Crippen LogP contribution in [0.5, 0.6) is 5.75 Å². The van der Waals surface area contributed by atoms with Gasteiger partial charge in [0.15, 0.2) is 11.5 Å². The third kappa shape index (κ3) is 2.42. The predicted molar refractivity (Wildman–Crippen MR) is 73.2 cm³/mol. The van der Waals surface area contributed by atoms with Gasteiger partial charge in [0, 0.05) is 6.20 Å². The Morgan fingerprint density at radius 2 is 2.05 bits per heavy atom. The summed E-state index contributed by atoms with van der Waals surface area (Å²) in [5.41, 5.74) is 3.17. The fraction of sp³-hybridized carbons (Fsp3) is 0.200. The van der Waals surface area contributed by atoms with E-state index in [1.807, 2.05) is 56.4 Å². The average molecular weight is 253 g/mol. The zero-order chi connectivity index (χ0) is 13.2. The first-order valence-electron chi connectivity index (χ1n) is 6.23. The maximum absolute atomic E-state index is 5.70. The molecule has 2 aromatic heterocycles. The van der Waals surface area contributed by atoms with Gasteiger partial charge in [-0.05, 0) is 43.2 Å². The standard InChI is InChI=1S/C15H15N3O/c1-11-5-3-7-13(9-11)19-10-14-16-15-12(2)6-4-8-18(15)17-14/h3-9H,10H2,1-2H3. The van der Waals surface area contributed by atoms with Gasteiger partial charge in [0.25, 0.3) is 0 Å². The molecule has 0 N–H and O–H groups in total. The monoisotopic (exact) mass is 253 g/mol. The number of nitrogens with zero attached hydrogens (tertiary/aromatic N) is 3. The summed E-state index contributed by atoms with van der Waals surface area (Å²) in [5, 5.41) is 4.39. The lowest BCUT2D eigenvalue weighted by Crippen LogP contribution is -1.98. The van der Waals surface area contributed by atoms with E-state index in [-0.39, 0.29) is 0 Å². The quantitative estimate of drug-likeness (QED) is 0.720. The summed E-state index contributed by atoms with van der Waals surface area (Å²) in [6.45, 7) is 4.44. The minimum atomic E-state index is 0.380. The van der Waals surface area contributed by atoms with Crippen LogP contribution in [0.3, 0.4) is 0 Å². The minimum absolute atomic E-state index is 0.380. The van der Waals surface area contributed by atoms with Gasteiger partial charge in [-0.2, -0.15) is 0 Å². The van der Waals surface area contributed by atoms with Crippen molar-refractivity contribution < 1.29 is 4.74 Å². The second-order valence-corrected chi connectivity index (χ2v) is 4.59. The third-order valence-corrected chi connectivity index (χ3v) is 2.96. The van der Waals surface area contributed by atoms with Crippen molar-refractivity contribution in [3.8, 4) is 5.75 Å². The minimum Gasteiger partial charge on any atom is -0.486 e. The summed E-state index contributed by atoms with van der Waals surface area (Å²) < 4.78 is 7.49. The SMILES string of the molecule is Cc1cccc(OCc2nc3c(C)cccn3n2)c1. The average Bonchev–Trinajstić information content (AvgIpc) is 2.81. The molecule has 0 aliphatic carbocycles. The van der Waals surface area contributed by atoms with Gasteiger partial charge in [-0.15, -0.1) is 5.10 Å². The summed E-state index contributed by atoms with van der Waals surface area (Å²) in [5.74, 6) is 1.53. The van der Waals surface area contributed by atoms with Crippen LogP contribution in [0.15, 0.2) is 42.6 Å². The van der Waals surface area contributed by atoms with E-state index < -0.39 is 0 Å². The number of ether oxygens (including phenoxy) is 1. The molecule has 0 saturated heterocycles. The van der Waals surface area contributed by atoms with Gasteiger partial charge in [-0.3, -0.25) is 0 Å². The highest BCUT2D eigenvalue weighted by atomic mass is 16.5. The zero-order valence-electron chi connectivity index (χ0n) is 11.0. The van der Waals surface area contributed by atoms with E-state index in [0.717, 1.165) is 17.0 Å². The Balaban J connectivity index is 1.80. The Morgan fingerprint density at radius 1 is 1.16 bits per heavy atom. The first-order valence-corrected chi connectivity index (χ1v) is 6.23. The number of pyridine rings is 1. The van der Waals surface area contributed by atoms with Crippen LogP contribution >= 0.6 is 0 Å². The molecule has 0 amide bonds. The van der Waals surface area contributed by atoms with Crippen molar-refractivity contribution in [3.63, 3.8) is 0 Å². The molecule has 4 heteroatoms. The van der Waals surface area contributed by atoms with Crippen molar-refractivity contribution in [3.05, 3.63) is 59.5 Å². The highest BCUT2D eigenvalue weighted by Gasteiger charge is 2.06. The molecule has 0 unspecified atom stereocenters. The predicted octanol–water partition coefficient (Wildman–Crippen LogP) is 2.93. The van der Waals surface area contributed by atoms with Crippen LogP contribution in [0.25, 0.3) is 5.65 Å². The van der Waals surface area contributed by atoms with Crippen molar-refractivity contribution in [1.29, 1.82) is 0 Å². The number of aromatic nitrogens is 3. The highest BCUT2D eigenvalue weighted by molar-refractivity contribution is 5.45. The molecule has 96 valence electrons. The molecular weight excluding hydrogens is 238 g/mol. The molecule has 0 saturated carbocycles. The lowest BCUT2D eigenvalue weighted by Gasteiger charge is -2.03. The Bertz CT molecular complexity index is 718. The molecule has 3 rings (SSSR count). The van der Waals surface area contributed by atoms with Gasteiger partial charge in [-0.1, -0.05) is 18.2 Å². The van der Waals surface area contributed by atoms with Gasteiger partial charge in [0.1, 0.15) is 12.4 Å². The summed E-state index contributed by atoms with van der Waals surface area (Å²) >= 11 is 0. The maximum Gasteiger partial charge on any atom is 0.189 e. The van der Waals surface area contributed by atoms with Gasteiger partial charge in [0.05, 0.1) is 0 Å². The molecule has 0 aliphatic rings. The smallest absolute Gasteiger partial charge is 0.189 e. The number of rotatable bonds is 3.